The number of hydrogen-bond donors (Lipinski definition) is 1. The molecule has 3 heterocycles. The van der Waals surface area contributed by atoms with Crippen molar-refractivity contribution < 1.29 is 4.42 Å². The zero-order valence-corrected chi connectivity index (χ0v) is 10.1. The maximum absolute atomic E-state index is 5.92. The fraction of sp³-hybridized carbons (Fsp3) is 0.214. The number of fused-ring (bicyclic) bond motifs is 5. The van der Waals surface area contributed by atoms with Crippen LogP contribution in [0, 0.1) is 6.92 Å². The van der Waals surface area contributed by atoms with Crippen molar-refractivity contribution in [2.75, 3.05) is 5.73 Å². The first-order valence-corrected chi connectivity index (χ1v) is 6.08. The number of nitrogens with zero attached hydrogens (tertiary/aromatic N) is 2. The summed E-state index contributed by atoms with van der Waals surface area (Å²) in [5.41, 5.74) is 12.2. The summed E-state index contributed by atoms with van der Waals surface area (Å²) in [5.74, 6) is 1.04. The van der Waals surface area contributed by atoms with Crippen LogP contribution < -0.4 is 5.73 Å². The molecule has 1 aliphatic rings. The largest absolute Gasteiger partial charge is 0.469 e. The number of imidazole rings is 1. The number of furan rings is 1. The minimum atomic E-state index is 0.776. The van der Waals surface area contributed by atoms with Crippen LogP contribution in [0.3, 0.4) is 0 Å². The topological polar surface area (TPSA) is 56.5 Å². The van der Waals surface area contributed by atoms with Gasteiger partial charge < -0.3 is 14.6 Å². The lowest BCUT2D eigenvalue weighted by molar-refractivity contribution is 0.506. The molecule has 90 valence electrons. The van der Waals surface area contributed by atoms with E-state index in [1.165, 1.54) is 5.69 Å². The third-order valence-corrected chi connectivity index (χ3v) is 3.61. The Morgan fingerprint density at radius 3 is 3.17 bits per heavy atom. The molecule has 0 bridgehead atoms. The van der Waals surface area contributed by atoms with Crippen molar-refractivity contribution >= 4 is 11.3 Å². The van der Waals surface area contributed by atoms with Gasteiger partial charge in [0.1, 0.15) is 11.4 Å². The number of anilines is 1. The molecule has 0 radical (unpaired) electrons. The molecule has 3 aromatic rings. The van der Waals surface area contributed by atoms with Crippen molar-refractivity contribution in [3.05, 3.63) is 41.6 Å². The number of aromatic nitrogens is 2. The van der Waals surface area contributed by atoms with Gasteiger partial charge in [0, 0.05) is 23.9 Å². The number of aryl methyl sites for hydroxylation is 3. The Hall–Kier alpha value is -2.23. The molecule has 0 aliphatic heterocycles. The van der Waals surface area contributed by atoms with Gasteiger partial charge in [0.25, 0.3) is 0 Å². The van der Waals surface area contributed by atoms with Gasteiger partial charge in [-0.2, -0.15) is 0 Å². The Morgan fingerprint density at radius 2 is 2.28 bits per heavy atom. The zero-order chi connectivity index (χ0) is 12.3. The van der Waals surface area contributed by atoms with E-state index in [1.807, 2.05) is 25.3 Å². The first-order valence-electron chi connectivity index (χ1n) is 6.08. The molecule has 0 saturated heterocycles. The standard InChI is InChI=1S/C14H13N3O/c1-8-6-9(15)7-17-11-2-3-12-10(4-5-18-12)13(11)16-14(8)17/h4-7H,2-3,15H2,1H3. The van der Waals surface area contributed by atoms with Gasteiger partial charge in [-0.05, 0) is 31.0 Å². The Labute approximate surface area is 104 Å². The van der Waals surface area contributed by atoms with Crippen LogP contribution in [0.4, 0.5) is 5.69 Å². The number of hydrogen-bond acceptors (Lipinski definition) is 3. The molecule has 4 heteroatoms. The molecule has 3 aromatic heterocycles. The first kappa shape index (κ1) is 9.76. The van der Waals surface area contributed by atoms with Crippen LogP contribution in [0.15, 0.2) is 29.0 Å². The van der Waals surface area contributed by atoms with Gasteiger partial charge in [-0.3, -0.25) is 0 Å². The van der Waals surface area contributed by atoms with E-state index in [9.17, 15) is 0 Å². The highest BCUT2D eigenvalue weighted by Gasteiger charge is 2.24. The molecule has 0 aromatic carbocycles. The lowest BCUT2D eigenvalue weighted by Crippen LogP contribution is -2.04. The Kier molecular flexibility index (Phi) is 1.71. The molecule has 0 amide bonds. The van der Waals surface area contributed by atoms with Crippen LogP contribution in [0.5, 0.6) is 0 Å². The average Bonchev–Trinajstić information content (AvgIpc) is 2.91. The molecule has 0 atom stereocenters. The third kappa shape index (κ3) is 1.12. The normalized spacial score (nSPS) is 13.6. The summed E-state index contributed by atoms with van der Waals surface area (Å²) in [4.78, 5) is 4.75. The van der Waals surface area contributed by atoms with E-state index in [4.69, 9.17) is 15.1 Å². The van der Waals surface area contributed by atoms with Crippen molar-refractivity contribution in [3.8, 4) is 11.3 Å². The Bertz CT molecular complexity index is 767. The number of nitrogens with two attached hydrogens (primary N) is 1. The smallest absolute Gasteiger partial charge is 0.140 e. The van der Waals surface area contributed by atoms with Gasteiger partial charge in [-0.15, -0.1) is 0 Å². The van der Waals surface area contributed by atoms with E-state index < -0.39 is 0 Å². The minimum absolute atomic E-state index is 0.776. The van der Waals surface area contributed by atoms with E-state index in [0.29, 0.717) is 0 Å². The van der Waals surface area contributed by atoms with Gasteiger partial charge in [0.15, 0.2) is 0 Å². The van der Waals surface area contributed by atoms with Gasteiger partial charge in [0.2, 0.25) is 0 Å². The fourth-order valence-corrected chi connectivity index (χ4v) is 2.82. The highest BCUT2D eigenvalue weighted by molar-refractivity contribution is 5.72. The molecular formula is C14H13N3O. The fourth-order valence-electron chi connectivity index (χ4n) is 2.82. The number of nitrogen functional groups attached to an aromatic ring is 1. The lowest BCUT2D eigenvalue weighted by Gasteiger charge is -2.10. The van der Waals surface area contributed by atoms with E-state index in [1.54, 1.807) is 6.26 Å². The highest BCUT2D eigenvalue weighted by Crippen LogP contribution is 2.35. The number of rotatable bonds is 0. The summed E-state index contributed by atoms with van der Waals surface area (Å²) in [6.07, 6.45) is 5.57. The van der Waals surface area contributed by atoms with E-state index in [-0.39, 0.29) is 0 Å². The Balaban J connectivity index is 2.13. The molecule has 0 fully saturated rings. The maximum atomic E-state index is 5.92. The monoisotopic (exact) mass is 239 g/mol. The van der Waals surface area contributed by atoms with Gasteiger partial charge in [-0.1, -0.05) is 0 Å². The predicted molar refractivity (Wildman–Crippen MR) is 69.5 cm³/mol. The second-order valence-electron chi connectivity index (χ2n) is 4.81. The molecule has 1 aliphatic carbocycles. The van der Waals surface area contributed by atoms with Crippen molar-refractivity contribution in [2.24, 2.45) is 0 Å². The summed E-state index contributed by atoms with van der Waals surface area (Å²) in [7, 11) is 0. The van der Waals surface area contributed by atoms with Crippen molar-refractivity contribution in [3.63, 3.8) is 0 Å². The summed E-state index contributed by atoms with van der Waals surface area (Å²) >= 11 is 0. The van der Waals surface area contributed by atoms with Crippen molar-refractivity contribution in [2.45, 2.75) is 19.8 Å². The van der Waals surface area contributed by atoms with Crippen molar-refractivity contribution in [1.82, 2.24) is 9.38 Å². The third-order valence-electron chi connectivity index (χ3n) is 3.61. The maximum Gasteiger partial charge on any atom is 0.140 e. The van der Waals surface area contributed by atoms with Gasteiger partial charge in [0.05, 0.1) is 17.7 Å². The molecule has 2 N–H and O–H groups in total. The molecule has 0 saturated carbocycles. The van der Waals surface area contributed by atoms with Gasteiger partial charge in [-0.25, -0.2) is 4.98 Å². The quantitative estimate of drug-likeness (QED) is 0.656. The molecule has 18 heavy (non-hydrogen) atoms. The second kappa shape index (κ2) is 3.16. The van der Waals surface area contributed by atoms with E-state index in [0.717, 1.165) is 46.8 Å². The molecule has 0 unspecified atom stereocenters. The zero-order valence-electron chi connectivity index (χ0n) is 10.1. The van der Waals surface area contributed by atoms with Crippen LogP contribution in [-0.4, -0.2) is 9.38 Å². The molecule has 4 rings (SSSR count). The summed E-state index contributed by atoms with van der Waals surface area (Å²) < 4.78 is 7.61. The van der Waals surface area contributed by atoms with Gasteiger partial charge >= 0.3 is 0 Å². The van der Waals surface area contributed by atoms with Crippen molar-refractivity contribution in [1.29, 1.82) is 0 Å². The van der Waals surface area contributed by atoms with Crippen LogP contribution >= 0.6 is 0 Å². The first-order chi connectivity index (χ1) is 8.74. The van der Waals surface area contributed by atoms with E-state index in [2.05, 4.69) is 4.40 Å². The van der Waals surface area contributed by atoms with Crippen LogP contribution in [0.1, 0.15) is 17.0 Å². The average molecular weight is 239 g/mol. The summed E-state index contributed by atoms with van der Waals surface area (Å²) in [6.45, 7) is 2.04. The van der Waals surface area contributed by atoms with Crippen LogP contribution in [0.25, 0.3) is 16.9 Å². The minimum Gasteiger partial charge on any atom is -0.469 e. The molecular weight excluding hydrogens is 226 g/mol. The summed E-state index contributed by atoms with van der Waals surface area (Å²) in [6, 6.07) is 3.96. The summed E-state index contributed by atoms with van der Waals surface area (Å²) in [5, 5.41) is 0. The number of pyridine rings is 1. The van der Waals surface area contributed by atoms with Crippen LogP contribution in [-0.2, 0) is 12.8 Å². The Morgan fingerprint density at radius 1 is 1.39 bits per heavy atom. The predicted octanol–water partition coefficient (Wildman–Crippen LogP) is 2.58. The molecule has 0 spiro atoms. The van der Waals surface area contributed by atoms with Crippen LogP contribution in [0.2, 0.25) is 0 Å². The van der Waals surface area contributed by atoms with E-state index >= 15 is 0 Å². The highest BCUT2D eigenvalue weighted by atomic mass is 16.3. The second-order valence-corrected chi connectivity index (χ2v) is 4.81. The SMILES string of the molecule is Cc1cc(N)cn2c3c(nc12)-c1ccoc1CC3. The lowest BCUT2D eigenvalue weighted by atomic mass is 9.99. The molecule has 4 nitrogen and oxygen atoms in total.